The van der Waals surface area contributed by atoms with Gasteiger partial charge in [0.1, 0.15) is 5.39 Å². The molecule has 0 saturated carbocycles. The minimum absolute atomic E-state index is 0.0347. The summed E-state index contributed by atoms with van der Waals surface area (Å²) in [5.74, 6) is -0.298. The van der Waals surface area contributed by atoms with Crippen molar-refractivity contribution in [3.05, 3.63) is 87.1 Å². The number of nitrogens with zero attached hydrogens (tertiary/aromatic N) is 4. The largest absolute Gasteiger partial charge is 0.324 e. The maximum absolute atomic E-state index is 12.5. The summed E-state index contributed by atoms with van der Waals surface area (Å²) in [7, 11) is 0. The van der Waals surface area contributed by atoms with Gasteiger partial charge < -0.3 is 10.3 Å². The summed E-state index contributed by atoms with van der Waals surface area (Å²) in [6, 6.07) is 12.8. The third-order valence-electron chi connectivity index (χ3n) is 4.29. The fraction of sp³-hybridized carbons (Fsp3) is 0.0526. The van der Waals surface area contributed by atoms with Crippen LogP contribution < -0.4 is 10.9 Å². The lowest BCUT2D eigenvalue weighted by atomic mass is 10.1. The lowest BCUT2D eigenvalue weighted by Gasteiger charge is -2.11. The number of nitro groups is 1. The van der Waals surface area contributed by atoms with Crippen LogP contribution in [0.4, 0.5) is 11.4 Å². The Morgan fingerprint density at radius 1 is 1.17 bits per heavy atom. The van der Waals surface area contributed by atoms with Crippen LogP contribution in [0.15, 0.2) is 65.8 Å². The number of fused-ring (bicyclic) bond motifs is 1. The summed E-state index contributed by atoms with van der Waals surface area (Å²) in [4.78, 5) is 41.3. The van der Waals surface area contributed by atoms with E-state index in [1.807, 2.05) is 0 Å². The highest BCUT2D eigenvalue weighted by molar-refractivity contribution is 5.94. The van der Waals surface area contributed by atoms with Crippen LogP contribution in [0.1, 0.15) is 5.56 Å². The van der Waals surface area contributed by atoms with Crippen molar-refractivity contribution < 1.29 is 9.72 Å². The van der Waals surface area contributed by atoms with Gasteiger partial charge in [-0.1, -0.05) is 24.3 Å². The first-order valence-electron chi connectivity index (χ1n) is 8.57. The molecule has 0 saturated heterocycles. The van der Waals surface area contributed by atoms with Crippen LogP contribution in [-0.2, 0) is 11.2 Å². The Labute approximate surface area is 163 Å². The van der Waals surface area contributed by atoms with Crippen LogP contribution in [0.5, 0.6) is 0 Å². The van der Waals surface area contributed by atoms with Gasteiger partial charge in [-0.15, -0.1) is 0 Å². The molecular formula is C19H14N6O4. The molecule has 2 heterocycles. The molecule has 0 spiro atoms. The quantitative estimate of drug-likeness (QED) is 0.396. The second-order valence-electron chi connectivity index (χ2n) is 6.19. The van der Waals surface area contributed by atoms with Gasteiger partial charge in [0.25, 0.3) is 11.2 Å². The fourth-order valence-electron chi connectivity index (χ4n) is 2.91. The number of non-ortho nitro benzene ring substituents is 1. The topological polar surface area (TPSA) is 136 Å². The number of rotatable bonds is 5. The molecule has 2 N–H and O–H groups in total. The molecular weight excluding hydrogens is 376 g/mol. The van der Waals surface area contributed by atoms with Crippen molar-refractivity contribution in [3.8, 4) is 5.69 Å². The molecule has 0 aliphatic rings. The van der Waals surface area contributed by atoms with E-state index < -0.39 is 4.92 Å². The lowest BCUT2D eigenvalue weighted by Crippen LogP contribution is -2.16. The molecule has 29 heavy (non-hydrogen) atoms. The molecule has 0 radical (unpaired) electrons. The van der Waals surface area contributed by atoms with Crippen molar-refractivity contribution in [2.24, 2.45) is 0 Å². The smallest absolute Gasteiger partial charge is 0.269 e. The van der Waals surface area contributed by atoms with Gasteiger partial charge in [0.05, 0.1) is 35.2 Å². The van der Waals surface area contributed by atoms with Crippen molar-refractivity contribution in [1.82, 2.24) is 19.7 Å². The van der Waals surface area contributed by atoms with Crippen molar-refractivity contribution in [3.63, 3.8) is 0 Å². The van der Waals surface area contributed by atoms with E-state index in [0.29, 0.717) is 28.0 Å². The summed E-state index contributed by atoms with van der Waals surface area (Å²) < 4.78 is 1.48. The minimum atomic E-state index is -0.492. The maximum atomic E-state index is 12.5. The molecule has 4 rings (SSSR count). The first kappa shape index (κ1) is 18.0. The zero-order valence-corrected chi connectivity index (χ0v) is 14.9. The van der Waals surface area contributed by atoms with Gasteiger partial charge in [-0.3, -0.25) is 19.7 Å². The Hall–Kier alpha value is -4.34. The summed E-state index contributed by atoms with van der Waals surface area (Å²) in [5.41, 5.74) is 1.71. The first-order chi connectivity index (χ1) is 14.0. The van der Waals surface area contributed by atoms with Crippen molar-refractivity contribution in [1.29, 1.82) is 0 Å². The molecule has 144 valence electrons. The molecule has 0 aliphatic carbocycles. The number of para-hydroxylation sites is 2. The number of amides is 1. The van der Waals surface area contributed by atoms with E-state index in [1.54, 1.807) is 36.4 Å². The van der Waals surface area contributed by atoms with Crippen molar-refractivity contribution in [2.45, 2.75) is 6.42 Å². The number of benzene rings is 2. The Morgan fingerprint density at radius 2 is 1.93 bits per heavy atom. The Bertz CT molecular complexity index is 1280. The molecule has 0 atom stereocenters. The number of hydrogen-bond donors (Lipinski definition) is 2. The second-order valence-corrected chi connectivity index (χ2v) is 6.19. The van der Waals surface area contributed by atoms with Gasteiger partial charge in [-0.2, -0.15) is 5.10 Å². The SMILES string of the molecule is O=C(Cc1ccc([N+](=O)[O-])cc1)Nc1ccccc1-n1ncc2c(=O)[nH]cnc21. The highest BCUT2D eigenvalue weighted by atomic mass is 16.6. The van der Waals surface area contributed by atoms with Crippen LogP contribution in [0.3, 0.4) is 0 Å². The number of nitrogens with one attached hydrogen (secondary N) is 2. The van der Waals surface area contributed by atoms with Crippen molar-refractivity contribution in [2.75, 3.05) is 5.32 Å². The number of nitro benzene ring substituents is 1. The van der Waals surface area contributed by atoms with E-state index in [4.69, 9.17) is 0 Å². The zero-order valence-electron chi connectivity index (χ0n) is 14.9. The zero-order chi connectivity index (χ0) is 20.4. The first-order valence-corrected chi connectivity index (χ1v) is 8.57. The molecule has 4 aromatic rings. The van der Waals surface area contributed by atoms with E-state index in [9.17, 15) is 19.7 Å². The van der Waals surface area contributed by atoms with E-state index in [1.165, 1.54) is 29.3 Å². The summed E-state index contributed by atoms with van der Waals surface area (Å²) in [6.45, 7) is 0. The lowest BCUT2D eigenvalue weighted by molar-refractivity contribution is -0.384. The monoisotopic (exact) mass is 390 g/mol. The van der Waals surface area contributed by atoms with Gasteiger partial charge in [0.2, 0.25) is 5.91 Å². The van der Waals surface area contributed by atoms with Crippen LogP contribution in [0, 0.1) is 10.1 Å². The number of H-pyrrole nitrogens is 1. The predicted molar refractivity (Wildman–Crippen MR) is 105 cm³/mol. The molecule has 0 unspecified atom stereocenters. The van der Waals surface area contributed by atoms with Crippen LogP contribution in [0.2, 0.25) is 0 Å². The molecule has 1 amide bonds. The average molecular weight is 390 g/mol. The standard InChI is InChI=1S/C19H14N6O4/c26-17(9-12-5-7-13(8-6-12)25(28)29)23-15-3-1-2-4-16(15)24-18-14(10-22-24)19(27)21-11-20-18/h1-8,10-11H,9H2,(H,23,26)(H,20,21,27). The maximum Gasteiger partial charge on any atom is 0.269 e. The number of hydrogen-bond acceptors (Lipinski definition) is 6. The van der Waals surface area contributed by atoms with E-state index in [-0.39, 0.29) is 23.6 Å². The highest BCUT2D eigenvalue weighted by Crippen LogP contribution is 2.22. The molecule has 0 fully saturated rings. The number of aromatic amines is 1. The van der Waals surface area contributed by atoms with E-state index in [0.717, 1.165) is 0 Å². The van der Waals surface area contributed by atoms with E-state index >= 15 is 0 Å². The second kappa shape index (κ2) is 7.35. The molecule has 0 bridgehead atoms. The predicted octanol–water partition coefficient (Wildman–Crippen LogP) is 2.20. The highest BCUT2D eigenvalue weighted by Gasteiger charge is 2.14. The van der Waals surface area contributed by atoms with E-state index in [2.05, 4.69) is 20.4 Å². The normalized spacial score (nSPS) is 10.8. The van der Waals surface area contributed by atoms with Gasteiger partial charge in [-0.05, 0) is 17.7 Å². The average Bonchev–Trinajstić information content (AvgIpc) is 3.14. The minimum Gasteiger partial charge on any atom is -0.324 e. The van der Waals surface area contributed by atoms with Gasteiger partial charge in [0, 0.05) is 12.1 Å². The number of carbonyl (C=O) groups is 1. The van der Waals surface area contributed by atoms with Crippen LogP contribution in [0.25, 0.3) is 16.7 Å². The van der Waals surface area contributed by atoms with Gasteiger partial charge in [0.15, 0.2) is 5.65 Å². The molecule has 10 heteroatoms. The van der Waals surface area contributed by atoms with Gasteiger partial charge in [-0.25, -0.2) is 9.67 Å². The molecule has 2 aromatic carbocycles. The van der Waals surface area contributed by atoms with Crippen LogP contribution in [-0.4, -0.2) is 30.6 Å². The molecule has 2 aromatic heterocycles. The third kappa shape index (κ3) is 3.58. The molecule has 0 aliphatic heterocycles. The number of aromatic nitrogens is 4. The number of anilines is 1. The molecule has 10 nitrogen and oxygen atoms in total. The summed E-state index contributed by atoms with van der Waals surface area (Å²) >= 11 is 0. The Balaban J connectivity index is 1.60. The van der Waals surface area contributed by atoms with Crippen molar-refractivity contribution >= 4 is 28.3 Å². The Kier molecular flexibility index (Phi) is 4.57. The Morgan fingerprint density at radius 3 is 2.69 bits per heavy atom. The van der Waals surface area contributed by atoms with Crippen LogP contribution >= 0.6 is 0 Å². The van der Waals surface area contributed by atoms with Gasteiger partial charge >= 0.3 is 0 Å². The number of carbonyl (C=O) groups excluding carboxylic acids is 1. The fourth-order valence-corrected chi connectivity index (χ4v) is 2.91. The summed E-state index contributed by atoms with van der Waals surface area (Å²) in [6.07, 6.45) is 2.75. The third-order valence-corrected chi connectivity index (χ3v) is 4.29. The summed E-state index contributed by atoms with van der Waals surface area (Å²) in [5, 5.41) is 18.1.